The Balaban J connectivity index is 2.00. The summed E-state index contributed by atoms with van der Waals surface area (Å²) in [5.41, 5.74) is 1.28. The number of rotatable bonds is 15. The van der Waals surface area contributed by atoms with E-state index in [1.54, 1.807) is 26.2 Å². The lowest BCUT2D eigenvalue weighted by atomic mass is 9.94. The molecule has 1 fully saturated rings. The number of aryl methyl sites for hydroxylation is 1. The number of hydrogen-bond donors (Lipinski definition) is 1. The van der Waals surface area contributed by atoms with E-state index < -0.39 is 0 Å². The van der Waals surface area contributed by atoms with Gasteiger partial charge in [0, 0.05) is 78.5 Å². The molecule has 1 aromatic rings. The highest BCUT2D eigenvalue weighted by atomic mass is 16.6. The molecule has 2 rings (SSSR count). The fourth-order valence-corrected chi connectivity index (χ4v) is 4.46. The molecule has 0 bridgehead atoms. The fraction of sp³-hybridized carbons (Fsp3) is 0.724. The Morgan fingerprint density at radius 3 is 2.39 bits per heavy atom. The molecule has 0 aromatic heterocycles. The van der Waals surface area contributed by atoms with Crippen molar-refractivity contribution in [3.8, 4) is 5.75 Å². The third-order valence-electron chi connectivity index (χ3n) is 7.28. The summed E-state index contributed by atoms with van der Waals surface area (Å²) in [6.45, 7) is 14.2. The van der Waals surface area contributed by atoms with Crippen molar-refractivity contribution < 1.29 is 28.5 Å². The lowest BCUT2D eigenvalue weighted by Gasteiger charge is -2.32. The number of ether oxygens (including phenoxy) is 4. The Bertz CT molecular complexity index is 891. The second-order valence-corrected chi connectivity index (χ2v) is 11.1. The van der Waals surface area contributed by atoms with Gasteiger partial charge in [-0.25, -0.2) is 4.79 Å². The van der Waals surface area contributed by atoms with Gasteiger partial charge < -0.3 is 34.1 Å². The molecule has 1 N–H and O–H groups in total. The SMILES string of the molecule is COCCCOc1cc(C(=O)N(C[C@@H]2CNC[C@H]2CN(C)C(=O)OCCC(C)(C)OC)C(C)C)ccc1C. The van der Waals surface area contributed by atoms with Crippen LogP contribution in [0.3, 0.4) is 0 Å². The number of methoxy groups -OCH3 is 2. The van der Waals surface area contributed by atoms with Crippen molar-refractivity contribution in [1.29, 1.82) is 0 Å². The zero-order valence-electron chi connectivity index (χ0n) is 24.7. The molecule has 216 valence electrons. The van der Waals surface area contributed by atoms with Crippen molar-refractivity contribution in [3.63, 3.8) is 0 Å². The Labute approximate surface area is 229 Å². The van der Waals surface area contributed by atoms with E-state index in [1.807, 2.05) is 57.7 Å². The molecule has 0 radical (unpaired) electrons. The molecule has 9 heteroatoms. The minimum absolute atomic E-state index is 0.0130. The normalized spacial score (nSPS) is 17.5. The quantitative estimate of drug-likeness (QED) is 0.340. The van der Waals surface area contributed by atoms with Gasteiger partial charge in [0.1, 0.15) is 5.75 Å². The standard InChI is InChI=1S/C29H49N3O6/c1-21(2)32(27(33)23-11-10-22(3)26(16-23)37-14-9-13-35-7)20-25-18-30-17-24(25)19-31(6)28(34)38-15-12-29(4,5)36-8/h10-11,16,21,24-25,30H,9,12-15,17-20H2,1-8H3/t24-,25-/m0/s1. The van der Waals surface area contributed by atoms with E-state index in [9.17, 15) is 9.59 Å². The molecular formula is C29H49N3O6. The van der Waals surface area contributed by atoms with Gasteiger partial charge in [0.25, 0.3) is 5.91 Å². The molecule has 0 unspecified atom stereocenters. The summed E-state index contributed by atoms with van der Waals surface area (Å²) >= 11 is 0. The van der Waals surface area contributed by atoms with Crippen LogP contribution >= 0.6 is 0 Å². The molecule has 38 heavy (non-hydrogen) atoms. The fourth-order valence-electron chi connectivity index (χ4n) is 4.46. The summed E-state index contributed by atoms with van der Waals surface area (Å²) in [6, 6.07) is 5.68. The Morgan fingerprint density at radius 2 is 1.76 bits per heavy atom. The van der Waals surface area contributed by atoms with Crippen LogP contribution in [-0.2, 0) is 14.2 Å². The van der Waals surface area contributed by atoms with E-state index in [0.717, 1.165) is 30.8 Å². The van der Waals surface area contributed by atoms with E-state index in [-0.39, 0.29) is 35.5 Å². The maximum Gasteiger partial charge on any atom is 0.409 e. The van der Waals surface area contributed by atoms with E-state index in [1.165, 1.54) is 0 Å². The molecule has 1 heterocycles. The van der Waals surface area contributed by atoms with Crippen molar-refractivity contribution in [2.24, 2.45) is 11.8 Å². The van der Waals surface area contributed by atoms with Gasteiger partial charge in [0.05, 0.1) is 18.8 Å². The average Bonchev–Trinajstić information content (AvgIpc) is 3.31. The van der Waals surface area contributed by atoms with Crippen LogP contribution in [0.2, 0.25) is 0 Å². The number of hydrogen-bond acceptors (Lipinski definition) is 7. The van der Waals surface area contributed by atoms with E-state index in [4.69, 9.17) is 18.9 Å². The van der Waals surface area contributed by atoms with Gasteiger partial charge in [-0.2, -0.15) is 0 Å². The van der Waals surface area contributed by atoms with Gasteiger partial charge in [0.2, 0.25) is 0 Å². The molecule has 0 saturated carbocycles. The molecule has 2 atom stereocenters. The van der Waals surface area contributed by atoms with Crippen LogP contribution in [0.1, 0.15) is 56.5 Å². The highest BCUT2D eigenvalue weighted by Crippen LogP contribution is 2.25. The Hall–Kier alpha value is -2.36. The third-order valence-corrected chi connectivity index (χ3v) is 7.28. The van der Waals surface area contributed by atoms with Gasteiger partial charge in [-0.15, -0.1) is 0 Å². The first-order chi connectivity index (χ1) is 18.0. The van der Waals surface area contributed by atoms with Crippen LogP contribution in [0.25, 0.3) is 0 Å². The van der Waals surface area contributed by atoms with E-state index >= 15 is 0 Å². The van der Waals surface area contributed by atoms with E-state index in [2.05, 4.69) is 5.32 Å². The summed E-state index contributed by atoms with van der Waals surface area (Å²) in [5.74, 6) is 1.15. The molecule has 1 saturated heterocycles. The highest BCUT2D eigenvalue weighted by molar-refractivity contribution is 5.95. The summed E-state index contributed by atoms with van der Waals surface area (Å²) < 4.78 is 21.9. The smallest absolute Gasteiger partial charge is 0.409 e. The first kappa shape index (κ1) is 31.9. The van der Waals surface area contributed by atoms with E-state index in [0.29, 0.717) is 44.9 Å². The summed E-state index contributed by atoms with van der Waals surface area (Å²) in [7, 11) is 5.09. The molecule has 0 spiro atoms. The van der Waals surface area contributed by atoms with Crippen molar-refractivity contribution in [2.45, 2.75) is 59.1 Å². The predicted molar refractivity (Wildman–Crippen MR) is 149 cm³/mol. The molecule has 1 aliphatic rings. The number of carbonyl (C=O) groups is 2. The third kappa shape index (κ3) is 9.75. The zero-order valence-corrected chi connectivity index (χ0v) is 24.7. The molecule has 0 aliphatic carbocycles. The van der Waals surface area contributed by atoms with Crippen LogP contribution < -0.4 is 10.1 Å². The second kappa shape index (κ2) is 15.3. The predicted octanol–water partition coefficient (Wildman–Crippen LogP) is 3.98. The van der Waals surface area contributed by atoms with Crippen LogP contribution in [0.15, 0.2) is 18.2 Å². The Morgan fingerprint density at radius 1 is 1.08 bits per heavy atom. The molecule has 9 nitrogen and oxygen atoms in total. The monoisotopic (exact) mass is 535 g/mol. The van der Waals surface area contributed by atoms with Gasteiger partial charge >= 0.3 is 6.09 Å². The van der Waals surface area contributed by atoms with Crippen molar-refractivity contribution in [3.05, 3.63) is 29.3 Å². The maximum absolute atomic E-state index is 13.6. The maximum atomic E-state index is 13.6. The van der Waals surface area contributed by atoms with Gasteiger partial charge in [-0.3, -0.25) is 4.79 Å². The molecular weight excluding hydrogens is 486 g/mol. The number of amides is 2. The Kier molecular flexibility index (Phi) is 12.8. The van der Waals surface area contributed by atoms with Crippen molar-refractivity contribution in [1.82, 2.24) is 15.1 Å². The van der Waals surface area contributed by atoms with Crippen LogP contribution in [0, 0.1) is 18.8 Å². The zero-order chi connectivity index (χ0) is 28.3. The lowest BCUT2D eigenvalue weighted by molar-refractivity contribution is -0.00303. The topological polar surface area (TPSA) is 89.6 Å². The average molecular weight is 536 g/mol. The molecule has 1 aromatic carbocycles. The van der Waals surface area contributed by atoms with Gasteiger partial charge in [-0.05, 0) is 64.2 Å². The molecule has 1 aliphatic heterocycles. The summed E-state index contributed by atoms with van der Waals surface area (Å²) in [4.78, 5) is 29.7. The minimum Gasteiger partial charge on any atom is -0.493 e. The summed E-state index contributed by atoms with van der Waals surface area (Å²) in [6.07, 6.45) is 1.08. The van der Waals surface area contributed by atoms with Crippen molar-refractivity contribution >= 4 is 12.0 Å². The van der Waals surface area contributed by atoms with Gasteiger partial charge in [-0.1, -0.05) is 6.07 Å². The largest absolute Gasteiger partial charge is 0.493 e. The lowest BCUT2D eigenvalue weighted by Crippen LogP contribution is -2.44. The summed E-state index contributed by atoms with van der Waals surface area (Å²) in [5, 5.41) is 3.45. The van der Waals surface area contributed by atoms with Crippen molar-refractivity contribution in [2.75, 3.05) is 67.3 Å². The minimum atomic E-state index is -0.336. The van der Waals surface area contributed by atoms with Gasteiger partial charge in [0.15, 0.2) is 0 Å². The number of nitrogens with one attached hydrogen (secondary N) is 1. The first-order valence-corrected chi connectivity index (χ1v) is 13.7. The molecule has 2 amide bonds. The highest BCUT2D eigenvalue weighted by Gasteiger charge is 2.33. The van der Waals surface area contributed by atoms with Crippen LogP contribution in [0.4, 0.5) is 4.79 Å². The second-order valence-electron chi connectivity index (χ2n) is 11.1. The number of nitrogens with zero attached hydrogens (tertiary/aromatic N) is 2. The number of carbonyl (C=O) groups excluding carboxylic acids is 2. The van der Waals surface area contributed by atoms with Crippen LogP contribution in [-0.4, -0.2) is 101 Å². The number of benzene rings is 1. The first-order valence-electron chi connectivity index (χ1n) is 13.7. The van der Waals surface area contributed by atoms with Crippen LogP contribution in [0.5, 0.6) is 5.75 Å².